The summed E-state index contributed by atoms with van der Waals surface area (Å²) in [6.45, 7) is 1.56. The highest BCUT2D eigenvalue weighted by Gasteiger charge is 2.14. The van der Waals surface area contributed by atoms with Gasteiger partial charge < -0.3 is 29.1 Å². The fourth-order valence-corrected chi connectivity index (χ4v) is 3.81. The number of aromatic nitrogens is 2. The van der Waals surface area contributed by atoms with Gasteiger partial charge in [-0.05, 0) is 30.7 Å². The molecule has 0 atom stereocenters. The SMILES string of the molecule is COc1cc(OC)c(OC)cc1/C=C/c1nc2sc(C(=O)[O-])c(C)c2c(=O)[nH]1. The van der Waals surface area contributed by atoms with E-state index in [1.807, 2.05) is 0 Å². The van der Waals surface area contributed by atoms with Crippen molar-refractivity contribution in [3.05, 3.63) is 44.3 Å². The van der Waals surface area contributed by atoms with Crippen molar-refractivity contribution in [2.75, 3.05) is 21.3 Å². The maximum atomic E-state index is 12.4. The van der Waals surface area contributed by atoms with Crippen LogP contribution in [0.25, 0.3) is 22.4 Å². The van der Waals surface area contributed by atoms with Crippen LogP contribution in [0.2, 0.25) is 0 Å². The Morgan fingerprint density at radius 2 is 1.75 bits per heavy atom. The van der Waals surface area contributed by atoms with Gasteiger partial charge in [-0.15, -0.1) is 11.3 Å². The molecule has 0 aliphatic carbocycles. The number of hydrogen-bond acceptors (Lipinski definition) is 8. The lowest BCUT2D eigenvalue weighted by atomic mass is 10.1. The van der Waals surface area contributed by atoms with Gasteiger partial charge in [0, 0.05) is 11.6 Å². The number of hydrogen-bond donors (Lipinski definition) is 1. The van der Waals surface area contributed by atoms with Gasteiger partial charge in [0.2, 0.25) is 0 Å². The maximum Gasteiger partial charge on any atom is 0.260 e. The van der Waals surface area contributed by atoms with Crippen molar-refractivity contribution in [3.8, 4) is 17.2 Å². The summed E-state index contributed by atoms with van der Waals surface area (Å²) in [5, 5.41) is 11.4. The molecule has 1 aromatic carbocycles. The summed E-state index contributed by atoms with van der Waals surface area (Å²) in [4.78, 5) is 30.9. The number of H-pyrrole nitrogens is 1. The lowest BCUT2D eigenvalue weighted by molar-refractivity contribution is -0.254. The summed E-state index contributed by atoms with van der Waals surface area (Å²) in [6.07, 6.45) is 3.30. The van der Waals surface area contributed by atoms with Crippen molar-refractivity contribution in [3.63, 3.8) is 0 Å². The zero-order valence-corrected chi connectivity index (χ0v) is 16.4. The molecule has 0 aliphatic rings. The molecule has 28 heavy (non-hydrogen) atoms. The standard InChI is InChI=1S/C19H18N2O6S/c1-9-15-17(22)20-14(21-18(15)28-16(9)19(23)24)6-5-10-7-12(26-3)13(27-4)8-11(10)25-2/h5-8H,1-4H3,(H,23,24)(H,20,21,22)/p-1/b6-5+. The Bertz CT molecular complexity index is 1150. The molecule has 3 aromatic rings. The molecule has 0 bridgehead atoms. The van der Waals surface area contributed by atoms with Crippen molar-refractivity contribution >= 4 is 39.7 Å². The molecular formula is C19H17N2O6S-. The lowest BCUT2D eigenvalue weighted by Gasteiger charge is -2.12. The number of thiophene rings is 1. The molecule has 2 aromatic heterocycles. The second kappa shape index (κ2) is 7.73. The predicted octanol–water partition coefficient (Wildman–Crippen LogP) is 1.85. The molecule has 8 nitrogen and oxygen atoms in total. The smallest absolute Gasteiger partial charge is 0.260 e. The number of carboxylic acids is 1. The van der Waals surface area contributed by atoms with Gasteiger partial charge >= 0.3 is 0 Å². The van der Waals surface area contributed by atoms with E-state index < -0.39 is 11.5 Å². The number of fused-ring (bicyclic) bond motifs is 1. The van der Waals surface area contributed by atoms with E-state index >= 15 is 0 Å². The van der Waals surface area contributed by atoms with Gasteiger partial charge in [-0.2, -0.15) is 0 Å². The normalized spacial score (nSPS) is 11.1. The molecule has 9 heteroatoms. The quantitative estimate of drug-likeness (QED) is 0.670. The molecule has 146 valence electrons. The molecule has 1 N–H and O–H groups in total. The van der Waals surface area contributed by atoms with Crippen LogP contribution in [0, 0.1) is 6.92 Å². The first-order chi connectivity index (χ1) is 13.4. The average Bonchev–Trinajstić information content (AvgIpc) is 3.02. The first kappa shape index (κ1) is 19.4. The summed E-state index contributed by atoms with van der Waals surface area (Å²) in [7, 11) is 4.58. The van der Waals surface area contributed by atoms with Crippen LogP contribution in [0.15, 0.2) is 16.9 Å². The Morgan fingerprint density at radius 3 is 2.36 bits per heavy atom. The number of aromatic carboxylic acids is 1. The van der Waals surface area contributed by atoms with Crippen LogP contribution in [-0.2, 0) is 0 Å². The van der Waals surface area contributed by atoms with Gasteiger partial charge in [0.25, 0.3) is 5.56 Å². The highest BCUT2D eigenvalue weighted by Crippen LogP contribution is 2.35. The first-order valence-corrected chi connectivity index (χ1v) is 8.94. The maximum absolute atomic E-state index is 12.4. The molecule has 0 amide bonds. The highest BCUT2D eigenvalue weighted by molar-refractivity contribution is 7.20. The van der Waals surface area contributed by atoms with E-state index in [0.29, 0.717) is 33.2 Å². The fourth-order valence-electron chi connectivity index (χ4n) is 2.79. The van der Waals surface area contributed by atoms with Crippen LogP contribution in [0.5, 0.6) is 17.2 Å². The summed E-state index contributed by atoms with van der Waals surface area (Å²) >= 11 is 0.912. The Kier molecular flexibility index (Phi) is 5.36. The number of methoxy groups -OCH3 is 3. The molecule has 3 rings (SSSR count). The van der Waals surface area contributed by atoms with E-state index in [4.69, 9.17) is 14.2 Å². The minimum Gasteiger partial charge on any atom is -0.544 e. The van der Waals surface area contributed by atoms with Crippen molar-refractivity contribution in [1.29, 1.82) is 0 Å². The fraction of sp³-hybridized carbons (Fsp3) is 0.211. The first-order valence-electron chi connectivity index (χ1n) is 8.12. The predicted molar refractivity (Wildman–Crippen MR) is 104 cm³/mol. The van der Waals surface area contributed by atoms with Gasteiger partial charge in [-0.25, -0.2) is 4.98 Å². The Balaban J connectivity index is 2.06. The Morgan fingerprint density at radius 1 is 1.11 bits per heavy atom. The number of nitrogens with zero attached hydrogens (tertiary/aromatic N) is 1. The number of carboxylic acid groups (broad SMARTS) is 1. The van der Waals surface area contributed by atoms with Crippen molar-refractivity contribution in [1.82, 2.24) is 9.97 Å². The molecule has 0 saturated heterocycles. The Hall–Kier alpha value is -3.33. The monoisotopic (exact) mass is 401 g/mol. The number of carbonyl (C=O) groups is 1. The largest absolute Gasteiger partial charge is 0.544 e. The zero-order valence-electron chi connectivity index (χ0n) is 15.6. The van der Waals surface area contributed by atoms with Crippen LogP contribution >= 0.6 is 11.3 Å². The van der Waals surface area contributed by atoms with Gasteiger partial charge in [-0.3, -0.25) is 4.79 Å². The van der Waals surface area contributed by atoms with Crippen LogP contribution in [0.3, 0.4) is 0 Å². The molecule has 0 radical (unpaired) electrons. The zero-order chi connectivity index (χ0) is 20.4. The van der Waals surface area contributed by atoms with Crippen LogP contribution in [0.1, 0.15) is 26.6 Å². The van der Waals surface area contributed by atoms with E-state index in [-0.39, 0.29) is 16.1 Å². The van der Waals surface area contributed by atoms with Gasteiger partial charge in [0.05, 0.1) is 37.6 Å². The molecular weight excluding hydrogens is 384 g/mol. The third-order valence-electron chi connectivity index (χ3n) is 4.16. The third-order valence-corrected chi connectivity index (χ3v) is 5.33. The van der Waals surface area contributed by atoms with Crippen LogP contribution in [-0.4, -0.2) is 37.3 Å². The van der Waals surface area contributed by atoms with Gasteiger partial charge in [0.1, 0.15) is 16.4 Å². The third kappa shape index (κ3) is 3.44. The highest BCUT2D eigenvalue weighted by atomic mass is 32.1. The van der Waals surface area contributed by atoms with Crippen molar-refractivity contribution in [2.24, 2.45) is 0 Å². The number of aromatic amines is 1. The minimum absolute atomic E-state index is 0.00399. The van der Waals surface area contributed by atoms with E-state index in [1.54, 1.807) is 31.2 Å². The number of nitrogens with one attached hydrogen (secondary N) is 1. The van der Waals surface area contributed by atoms with E-state index in [0.717, 1.165) is 11.3 Å². The average molecular weight is 401 g/mol. The summed E-state index contributed by atoms with van der Waals surface area (Å²) in [6, 6.07) is 3.42. The molecule has 2 heterocycles. The van der Waals surface area contributed by atoms with Gasteiger partial charge in [-0.1, -0.05) is 0 Å². The number of rotatable bonds is 6. The lowest BCUT2D eigenvalue weighted by Crippen LogP contribution is -2.21. The van der Waals surface area contributed by atoms with E-state index in [2.05, 4.69) is 9.97 Å². The number of ether oxygens (including phenoxy) is 3. The second-order valence-corrected chi connectivity index (χ2v) is 6.76. The minimum atomic E-state index is -1.33. The summed E-state index contributed by atoms with van der Waals surface area (Å²) < 4.78 is 15.9. The number of aryl methyl sites for hydroxylation is 1. The Labute approximate surface area is 164 Å². The number of benzene rings is 1. The van der Waals surface area contributed by atoms with Gasteiger partial charge in [0.15, 0.2) is 11.5 Å². The summed E-state index contributed by atoms with van der Waals surface area (Å²) in [5.41, 5.74) is 0.622. The molecule has 0 spiro atoms. The second-order valence-electron chi connectivity index (χ2n) is 5.76. The van der Waals surface area contributed by atoms with Crippen molar-refractivity contribution in [2.45, 2.75) is 6.92 Å². The molecule has 0 fully saturated rings. The van der Waals surface area contributed by atoms with Crippen molar-refractivity contribution < 1.29 is 24.1 Å². The van der Waals surface area contributed by atoms with E-state index in [1.165, 1.54) is 21.3 Å². The molecule has 0 aliphatic heterocycles. The van der Waals surface area contributed by atoms with Crippen LogP contribution in [0.4, 0.5) is 0 Å². The van der Waals surface area contributed by atoms with E-state index in [9.17, 15) is 14.7 Å². The van der Waals surface area contributed by atoms with Crippen LogP contribution < -0.4 is 24.9 Å². The summed E-state index contributed by atoms with van der Waals surface area (Å²) in [5.74, 6) is 0.539. The number of carbonyl (C=O) groups excluding carboxylic acids is 1. The molecule has 0 unspecified atom stereocenters. The topological polar surface area (TPSA) is 114 Å². The molecule has 0 saturated carbocycles.